The number of hydrogen-bond acceptors (Lipinski definition) is 3. The molecule has 3 nitrogen and oxygen atoms in total. The maximum atomic E-state index is 13.2. The molecular formula is C11H13FO3. The standard InChI is InChI=1S/C11H13FO3/c1-14-9-5-3-4-8(6-9)7-10(12)11(13)15-2/h3-6,10H,7H2,1-2H3. The predicted octanol–water partition coefficient (Wildman–Crippen LogP) is 1.75. The molecule has 1 rings (SSSR count). The highest BCUT2D eigenvalue weighted by Crippen LogP contribution is 2.15. The average Bonchev–Trinajstić information content (AvgIpc) is 2.28. The number of hydrogen-bond donors (Lipinski definition) is 0. The number of halogens is 1. The van der Waals surface area contributed by atoms with Gasteiger partial charge in [0.1, 0.15) is 5.75 Å². The summed E-state index contributed by atoms with van der Waals surface area (Å²) in [5, 5.41) is 0. The third-order valence-corrected chi connectivity index (χ3v) is 2.01. The van der Waals surface area contributed by atoms with Crippen molar-refractivity contribution in [3.8, 4) is 5.75 Å². The van der Waals surface area contributed by atoms with Crippen molar-refractivity contribution in [2.75, 3.05) is 14.2 Å². The Balaban J connectivity index is 2.67. The molecule has 4 heteroatoms. The van der Waals surface area contributed by atoms with Crippen LogP contribution >= 0.6 is 0 Å². The van der Waals surface area contributed by atoms with E-state index in [1.165, 1.54) is 14.2 Å². The van der Waals surface area contributed by atoms with Gasteiger partial charge in [-0.3, -0.25) is 0 Å². The molecule has 0 amide bonds. The summed E-state index contributed by atoms with van der Waals surface area (Å²) in [5.74, 6) is -0.206. The first-order valence-electron chi connectivity index (χ1n) is 4.52. The monoisotopic (exact) mass is 212 g/mol. The van der Waals surface area contributed by atoms with Gasteiger partial charge < -0.3 is 9.47 Å². The van der Waals surface area contributed by atoms with Crippen molar-refractivity contribution in [1.82, 2.24) is 0 Å². The van der Waals surface area contributed by atoms with Crippen LogP contribution < -0.4 is 4.74 Å². The van der Waals surface area contributed by atoms with Gasteiger partial charge in [0.05, 0.1) is 14.2 Å². The quantitative estimate of drug-likeness (QED) is 0.713. The van der Waals surface area contributed by atoms with Crippen LogP contribution in [0.2, 0.25) is 0 Å². The largest absolute Gasteiger partial charge is 0.497 e. The molecule has 0 bridgehead atoms. The molecule has 0 N–H and O–H groups in total. The minimum atomic E-state index is -1.62. The van der Waals surface area contributed by atoms with Gasteiger partial charge in [0.15, 0.2) is 0 Å². The molecule has 0 radical (unpaired) electrons. The van der Waals surface area contributed by atoms with Gasteiger partial charge in [-0.15, -0.1) is 0 Å². The van der Waals surface area contributed by atoms with E-state index in [-0.39, 0.29) is 6.42 Å². The predicted molar refractivity (Wildman–Crippen MR) is 53.6 cm³/mol. The molecule has 0 aliphatic heterocycles. The summed E-state index contributed by atoms with van der Waals surface area (Å²) < 4.78 is 22.5. The summed E-state index contributed by atoms with van der Waals surface area (Å²) in [6.45, 7) is 0. The van der Waals surface area contributed by atoms with Crippen molar-refractivity contribution in [3.05, 3.63) is 29.8 Å². The molecule has 0 aliphatic rings. The lowest BCUT2D eigenvalue weighted by Gasteiger charge is -2.07. The van der Waals surface area contributed by atoms with E-state index < -0.39 is 12.1 Å². The maximum Gasteiger partial charge on any atom is 0.340 e. The van der Waals surface area contributed by atoms with Crippen molar-refractivity contribution in [2.24, 2.45) is 0 Å². The van der Waals surface area contributed by atoms with Crippen LogP contribution in [0.15, 0.2) is 24.3 Å². The van der Waals surface area contributed by atoms with Crippen LogP contribution in [0.25, 0.3) is 0 Å². The van der Waals surface area contributed by atoms with Crippen LogP contribution in [-0.4, -0.2) is 26.4 Å². The fourth-order valence-electron chi connectivity index (χ4n) is 1.22. The van der Waals surface area contributed by atoms with Crippen LogP contribution in [0.1, 0.15) is 5.56 Å². The highest BCUT2D eigenvalue weighted by atomic mass is 19.1. The van der Waals surface area contributed by atoms with Crippen molar-refractivity contribution >= 4 is 5.97 Å². The molecule has 0 aromatic heterocycles. The van der Waals surface area contributed by atoms with E-state index in [1.54, 1.807) is 24.3 Å². The van der Waals surface area contributed by atoms with E-state index >= 15 is 0 Å². The first-order valence-corrected chi connectivity index (χ1v) is 4.52. The molecule has 1 aromatic carbocycles. The molecule has 1 unspecified atom stereocenters. The van der Waals surface area contributed by atoms with Crippen LogP contribution in [0, 0.1) is 0 Å². The zero-order chi connectivity index (χ0) is 11.3. The van der Waals surface area contributed by atoms with Gasteiger partial charge >= 0.3 is 5.97 Å². The lowest BCUT2D eigenvalue weighted by Crippen LogP contribution is -2.19. The number of rotatable bonds is 4. The zero-order valence-corrected chi connectivity index (χ0v) is 8.70. The Labute approximate surface area is 87.8 Å². The Morgan fingerprint density at radius 3 is 2.80 bits per heavy atom. The first-order chi connectivity index (χ1) is 7.17. The van der Waals surface area contributed by atoms with Gasteiger partial charge in [0.2, 0.25) is 6.17 Å². The fourth-order valence-corrected chi connectivity index (χ4v) is 1.22. The molecule has 82 valence electrons. The van der Waals surface area contributed by atoms with E-state index in [1.807, 2.05) is 0 Å². The number of alkyl halides is 1. The molecule has 1 aromatic rings. The van der Waals surface area contributed by atoms with Gasteiger partial charge in [-0.1, -0.05) is 12.1 Å². The van der Waals surface area contributed by atoms with E-state index in [0.717, 1.165) is 0 Å². The van der Waals surface area contributed by atoms with Crippen LogP contribution in [-0.2, 0) is 16.0 Å². The Morgan fingerprint density at radius 2 is 2.20 bits per heavy atom. The number of carbonyl (C=O) groups excluding carboxylic acids is 1. The summed E-state index contributed by atoms with van der Waals surface area (Å²) in [6, 6.07) is 6.93. The van der Waals surface area contributed by atoms with Crippen molar-refractivity contribution in [3.63, 3.8) is 0 Å². The number of benzene rings is 1. The van der Waals surface area contributed by atoms with Gasteiger partial charge in [0, 0.05) is 6.42 Å². The number of methoxy groups -OCH3 is 2. The Bertz CT molecular complexity index is 338. The van der Waals surface area contributed by atoms with Gasteiger partial charge in [-0.2, -0.15) is 0 Å². The number of carbonyl (C=O) groups is 1. The van der Waals surface area contributed by atoms with E-state index in [0.29, 0.717) is 11.3 Å². The van der Waals surface area contributed by atoms with Crippen molar-refractivity contribution in [2.45, 2.75) is 12.6 Å². The lowest BCUT2D eigenvalue weighted by atomic mass is 10.1. The molecule has 0 saturated heterocycles. The van der Waals surface area contributed by atoms with Gasteiger partial charge in [-0.25, -0.2) is 9.18 Å². The highest BCUT2D eigenvalue weighted by Gasteiger charge is 2.18. The molecule has 0 aliphatic carbocycles. The van der Waals surface area contributed by atoms with E-state index in [4.69, 9.17) is 4.74 Å². The highest BCUT2D eigenvalue weighted by molar-refractivity contribution is 5.74. The third kappa shape index (κ3) is 3.23. The molecular weight excluding hydrogens is 199 g/mol. The molecule has 0 spiro atoms. The van der Waals surface area contributed by atoms with Crippen molar-refractivity contribution < 1.29 is 18.7 Å². The van der Waals surface area contributed by atoms with Crippen LogP contribution in [0.3, 0.4) is 0 Å². The van der Waals surface area contributed by atoms with E-state index in [9.17, 15) is 9.18 Å². The fraction of sp³-hybridized carbons (Fsp3) is 0.364. The summed E-state index contributed by atoms with van der Waals surface area (Å²) in [5.41, 5.74) is 0.701. The Hall–Kier alpha value is -1.58. The Kier molecular flexibility index (Phi) is 4.09. The number of esters is 1. The molecule has 1 atom stereocenters. The normalized spacial score (nSPS) is 11.9. The average molecular weight is 212 g/mol. The summed E-state index contributed by atoms with van der Waals surface area (Å²) in [6.07, 6.45) is -1.62. The minimum Gasteiger partial charge on any atom is -0.497 e. The Morgan fingerprint density at radius 1 is 1.47 bits per heavy atom. The molecule has 0 fully saturated rings. The molecule has 0 heterocycles. The van der Waals surface area contributed by atoms with E-state index in [2.05, 4.69) is 4.74 Å². The number of ether oxygens (including phenoxy) is 2. The second kappa shape index (κ2) is 5.34. The third-order valence-electron chi connectivity index (χ3n) is 2.01. The topological polar surface area (TPSA) is 35.5 Å². The SMILES string of the molecule is COC(=O)C(F)Cc1cccc(OC)c1. The second-order valence-corrected chi connectivity index (χ2v) is 3.05. The summed E-state index contributed by atoms with van der Waals surface area (Å²) in [4.78, 5) is 10.8. The smallest absolute Gasteiger partial charge is 0.340 e. The van der Waals surface area contributed by atoms with Gasteiger partial charge in [-0.05, 0) is 17.7 Å². The van der Waals surface area contributed by atoms with Crippen molar-refractivity contribution in [1.29, 1.82) is 0 Å². The first kappa shape index (κ1) is 11.5. The van der Waals surface area contributed by atoms with Crippen LogP contribution in [0.4, 0.5) is 4.39 Å². The van der Waals surface area contributed by atoms with Gasteiger partial charge in [0.25, 0.3) is 0 Å². The summed E-state index contributed by atoms with van der Waals surface area (Å²) >= 11 is 0. The zero-order valence-electron chi connectivity index (χ0n) is 8.70. The summed E-state index contributed by atoms with van der Waals surface area (Å²) in [7, 11) is 2.70. The minimum absolute atomic E-state index is 0.00384. The lowest BCUT2D eigenvalue weighted by molar-refractivity contribution is -0.146. The molecule has 15 heavy (non-hydrogen) atoms. The molecule has 0 saturated carbocycles. The van der Waals surface area contributed by atoms with Crippen LogP contribution in [0.5, 0.6) is 5.75 Å². The maximum absolute atomic E-state index is 13.2. The second-order valence-electron chi connectivity index (χ2n) is 3.05.